The SMILES string of the molecule is CCOC(=O)C1CCN(S(=O)(=O)NC2[C@H]3CNC[C@@H]23)CC1. The van der Waals surface area contributed by atoms with Gasteiger partial charge in [-0.15, -0.1) is 0 Å². The molecule has 120 valence electrons. The van der Waals surface area contributed by atoms with Crippen LogP contribution in [-0.2, 0) is 19.7 Å². The predicted molar refractivity (Wildman–Crippen MR) is 76.6 cm³/mol. The number of nitrogens with one attached hydrogen (secondary N) is 2. The largest absolute Gasteiger partial charge is 0.466 e. The van der Waals surface area contributed by atoms with Crippen LogP contribution in [0.25, 0.3) is 0 Å². The molecule has 1 aliphatic carbocycles. The number of ether oxygens (including phenoxy) is 1. The summed E-state index contributed by atoms with van der Waals surface area (Å²) in [6, 6.07) is 0.0963. The summed E-state index contributed by atoms with van der Waals surface area (Å²) in [6.45, 7) is 4.74. The first-order valence-electron chi connectivity index (χ1n) is 7.67. The molecule has 1 unspecified atom stereocenters. The molecule has 3 aliphatic rings. The predicted octanol–water partition coefficient (Wildman–Crippen LogP) is -0.686. The number of piperidine rings is 2. The first-order valence-corrected chi connectivity index (χ1v) is 9.11. The minimum absolute atomic E-state index is 0.0963. The van der Waals surface area contributed by atoms with Gasteiger partial charge in [-0.2, -0.15) is 17.4 Å². The van der Waals surface area contributed by atoms with Gasteiger partial charge < -0.3 is 10.1 Å². The van der Waals surface area contributed by atoms with E-state index >= 15 is 0 Å². The molecule has 8 heteroatoms. The molecule has 21 heavy (non-hydrogen) atoms. The molecule has 7 nitrogen and oxygen atoms in total. The van der Waals surface area contributed by atoms with Gasteiger partial charge in [-0.25, -0.2) is 0 Å². The quantitative estimate of drug-likeness (QED) is 0.656. The fourth-order valence-corrected chi connectivity index (χ4v) is 4.97. The third-order valence-electron chi connectivity index (χ3n) is 4.79. The number of fused-ring (bicyclic) bond motifs is 1. The van der Waals surface area contributed by atoms with Gasteiger partial charge in [0.05, 0.1) is 12.5 Å². The fourth-order valence-electron chi connectivity index (χ4n) is 3.43. The number of nitrogens with zero attached hydrogens (tertiary/aromatic N) is 1. The Morgan fingerprint density at radius 1 is 1.29 bits per heavy atom. The van der Waals surface area contributed by atoms with Crippen molar-refractivity contribution in [2.75, 3.05) is 32.8 Å². The average molecular weight is 317 g/mol. The van der Waals surface area contributed by atoms with Gasteiger partial charge in [0, 0.05) is 19.1 Å². The second kappa shape index (κ2) is 5.83. The summed E-state index contributed by atoms with van der Waals surface area (Å²) < 4.78 is 34.0. The van der Waals surface area contributed by atoms with Crippen LogP contribution in [0.5, 0.6) is 0 Å². The van der Waals surface area contributed by atoms with Crippen molar-refractivity contribution in [3.05, 3.63) is 0 Å². The summed E-state index contributed by atoms with van der Waals surface area (Å²) >= 11 is 0. The molecule has 0 radical (unpaired) electrons. The fraction of sp³-hybridized carbons (Fsp3) is 0.923. The van der Waals surface area contributed by atoms with E-state index in [4.69, 9.17) is 4.74 Å². The van der Waals surface area contributed by atoms with Gasteiger partial charge in [-0.3, -0.25) is 4.79 Å². The first kappa shape index (κ1) is 15.2. The lowest BCUT2D eigenvalue weighted by Crippen LogP contribution is -2.47. The Balaban J connectivity index is 1.50. The summed E-state index contributed by atoms with van der Waals surface area (Å²) in [6.07, 6.45) is 1.08. The van der Waals surface area contributed by atoms with Crippen LogP contribution >= 0.6 is 0 Å². The second-order valence-electron chi connectivity index (χ2n) is 6.06. The average Bonchev–Trinajstić information content (AvgIpc) is 2.89. The van der Waals surface area contributed by atoms with Gasteiger partial charge in [-0.1, -0.05) is 0 Å². The third kappa shape index (κ3) is 3.08. The van der Waals surface area contributed by atoms with E-state index in [1.807, 2.05) is 0 Å². The highest BCUT2D eigenvalue weighted by molar-refractivity contribution is 7.87. The maximum Gasteiger partial charge on any atom is 0.309 e. The number of esters is 1. The van der Waals surface area contributed by atoms with Crippen LogP contribution in [0.4, 0.5) is 0 Å². The normalized spacial score (nSPS) is 33.7. The van der Waals surface area contributed by atoms with Gasteiger partial charge in [-0.05, 0) is 44.7 Å². The van der Waals surface area contributed by atoms with Crippen molar-refractivity contribution in [2.45, 2.75) is 25.8 Å². The first-order chi connectivity index (χ1) is 10.0. The van der Waals surface area contributed by atoms with Crippen molar-refractivity contribution in [3.8, 4) is 0 Å². The Labute approximate surface area is 125 Å². The number of carbonyl (C=O) groups is 1. The molecular formula is C13H23N3O4S. The van der Waals surface area contributed by atoms with Gasteiger partial charge in [0.15, 0.2) is 0 Å². The number of hydrogen-bond donors (Lipinski definition) is 2. The molecule has 0 bridgehead atoms. The Morgan fingerprint density at radius 2 is 1.90 bits per heavy atom. The zero-order valence-corrected chi connectivity index (χ0v) is 13.1. The second-order valence-corrected chi connectivity index (χ2v) is 7.76. The van der Waals surface area contributed by atoms with Crippen molar-refractivity contribution in [1.29, 1.82) is 0 Å². The van der Waals surface area contributed by atoms with Crippen LogP contribution in [0.2, 0.25) is 0 Å². The summed E-state index contributed by atoms with van der Waals surface area (Å²) in [5, 5.41) is 3.25. The molecule has 2 aliphatic heterocycles. The van der Waals surface area contributed by atoms with E-state index in [1.165, 1.54) is 4.31 Å². The number of carbonyl (C=O) groups excluding carboxylic acids is 1. The highest BCUT2D eigenvalue weighted by atomic mass is 32.2. The summed E-state index contributed by atoms with van der Waals surface area (Å²) in [7, 11) is -3.42. The molecule has 0 amide bonds. The van der Waals surface area contributed by atoms with E-state index in [0.717, 1.165) is 13.1 Å². The van der Waals surface area contributed by atoms with Crippen molar-refractivity contribution in [3.63, 3.8) is 0 Å². The van der Waals surface area contributed by atoms with E-state index in [-0.39, 0.29) is 17.9 Å². The maximum atomic E-state index is 12.3. The minimum atomic E-state index is -3.42. The molecule has 3 fully saturated rings. The Bertz CT molecular complexity index is 492. The molecule has 2 N–H and O–H groups in total. The van der Waals surface area contributed by atoms with E-state index < -0.39 is 10.2 Å². The van der Waals surface area contributed by atoms with Crippen molar-refractivity contribution < 1.29 is 17.9 Å². The monoisotopic (exact) mass is 317 g/mol. The molecule has 2 saturated heterocycles. The summed E-state index contributed by atoms with van der Waals surface area (Å²) in [5.41, 5.74) is 0. The van der Waals surface area contributed by atoms with Gasteiger partial charge in [0.2, 0.25) is 0 Å². The lowest BCUT2D eigenvalue weighted by Gasteiger charge is -2.30. The van der Waals surface area contributed by atoms with Gasteiger partial charge in [0.1, 0.15) is 0 Å². The minimum Gasteiger partial charge on any atom is -0.466 e. The Kier molecular flexibility index (Phi) is 4.22. The topological polar surface area (TPSA) is 87.7 Å². The zero-order valence-electron chi connectivity index (χ0n) is 12.2. The molecule has 0 aromatic heterocycles. The molecule has 0 aromatic carbocycles. The van der Waals surface area contributed by atoms with E-state index in [9.17, 15) is 13.2 Å². The van der Waals surface area contributed by atoms with Crippen LogP contribution in [0.1, 0.15) is 19.8 Å². The molecular weight excluding hydrogens is 294 g/mol. The third-order valence-corrected chi connectivity index (χ3v) is 6.41. The number of rotatable bonds is 5. The van der Waals surface area contributed by atoms with E-state index in [0.29, 0.717) is 44.4 Å². The standard InChI is InChI=1S/C13H23N3O4S/c1-2-20-13(17)9-3-5-16(6-4-9)21(18,19)15-12-10-7-14-8-11(10)12/h9-12,14-15H,2-8H2,1H3/t10-,11+,12?. The van der Waals surface area contributed by atoms with Crippen molar-refractivity contribution in [1.82, 2.24) is 14.3 Å². The molecule has 2 heterocycles. The molecule has 1 saturated carbocycles. The van der Waals surface area contributed by atoms with Crippen molar-refractivity contribution in [2.24, 2.45) is 17.8 Å². The molecule has 3 rings (SSSR count). The van der Waals surface area contributed by atoms with Crippen LogP contribution < -0.4 is 10.0 Å². The van der Waals surface area contributed by atoms with Crippen molar-refractivity contribution >= 4 is 16.2 Å². The lowest BCUT2D eigenvalue weighted by molar-refractivity contribution is -0.149. The molecule has 0 spiro atoms. The Hall–Kier alpha value is -0.700. The maximum absolute atomic E-state index is 12.3. The van der Waals surface area contributed by atoms with Crippen LogP contribution in [0.3, 0.4) is 0 Å². The zero-order chi connectivity index (χ0) is 15.0. The molecule has 3 atom stereocenters. The van der Waals surface area contributed by atoms with E-state index in [2.05, 4.69) is 10.0 Å². The van der Waals surface area contributed by atoms with Gasteiger partial charge >= 0.3 is 5.97 Å². The Morgan fingerprint density at radius 3 is 2.48 bits per heavy atom. The summed E-state index contributed by atoms with van der Waals surface area (Å²) in [5.74, 6) is 0.542. The lowest BCUT2D eigenvalue weighted by atomic mass is 9.98. The van der Waals surface area contributed by atoms with Crippen LogP contribution in [-0.4, -0.2) is 57.5 Å². The van der Waals surface area contributed by atoms with Crippen LogP contribution in [0, 0.1) is 17.8 Å². The molecule has 0 aromatic rings. The van der Waals surface area contributed by atoms with Gasteiger partial charge in [0.25, 0.3) is 10.2 Å². The van der Waals surface area contributed by atoms with Crippen LogP contribution in [0.15, 0.2) is 0 Å². The number of hydrogen-bond acceptors (Lipinski definition) is 5. The smallest absolute Gasteiger partial charge is 0.309 e. The highest BCUT2D eigenvalue weighted by Crippen LogP contribution is 2.42. The van der Waals surface area contributed by atoms with E-state index in [1.54, 1.807) is 6.92 Å². The highest BCUT2D eigenvalue weighted by Gasteiger charge is 2.55. The summed E-state index contributed by atoms with van der Waals surface area (Å²) in [4.78, 5) is 11.7.